The van der Waals surface area contributed by atoms with Crippen LogP contribution in [0.2, 0.25) is 0 Å². The number of urea groups is 1. The lowest BCUT2D eigenvalue weighted by Gasteiger charge is -2.35. The predicted octanol–water partition coefficient (Wildman–Crippen LogP) is 3.98. The van der Waals surface area contributed by atoms with E-state index in [1.165, 1.54) is 34.8 Å². The first-order chi connectivity index (χ1) is 23.4. The van der Waals surface area contributed by atoms with Gasteiger partial charge < -0.3 is 25.4 Å². The average Bonchev–Trinajstić information content (AvgIpc) is 3.43. The number of benzene rings is 2. The molecule has 1 fully saturated rings. The topological polar surface area (TPSA) is 156 Å². The summed E-state index contributed by atoms with van der Waals surface area (Å²) < 4.78 is 29.0. The van der Waals surface area contributed by atoms with Crippen molar-refractivity contribution in [1.29, 1.82) is 0 Å². The Morgan fingerprint density at radius 1 is 1.02 bits per heavy atom. The van der Waals surface area contributed by atoms with E-state index in [-0.39, 0.29) is 42.3 Å². The zero-order valence-corrected chi connectivity index (χ0v) is 29.4. The standard InChI is InChI=1S/C36H48N6O6S/c1-5-27(4)34(42-20-19-40(36(42)45)24-30-13-9-10-18-37-30)35(44)39-32(21-28-11-7-6-8-12-28)33(43)25-41(23-26(2)3)49(47,48)31-16-14-29(15-17-31)22-38-46/h6-18,22,26-27,32-34,43,46H,5,19-21,23-25H2,1-4H3,(H,39,44)/b38-22+/t27-,32-,33+,34-/m0/s1. The summed E-state index contributed by atoms with van der Waals surface area (Å²) in [6, 6.07) is 18.9. The molecular weight excluding hydrogens is 644 g/mol. The third-order valence-corrected chi connectivity index (χ3v) is 10.6. The molecule has 0 radical (unpaired) electrons. The summed E-state index contributed by atoms with van der Waals surface area (Å²) >= 11 is 0. The Balaban J connectivity index is 1.59. The second kappa shape index (κ2) is 17.4. The zero-order chi connectivity index (χ0) is 35.6. The number of sulfonamides is 1. The molecule has 1 aliphatic heterocycles. The minimum atomic E-state index is -4.05. The smallest absolute Gasteiger partial charge is 0.321 e. The van der Waals surface area contributed by atoms with Crippen molar-refractivity contribution in [1.82, 2.24) is 24.4 Å². The highest BCUT2D eigenvalue weighted by atomic mass is 32.2. The fraction of sp³-hybridized carbons (Fsp3) is 0.444. The van der Waals surface area contributed by atoms with Gasteiger partial charge in [0.15, 0.2) is 0 Å². The Kier molecular flexibility index (Phi) is 13.3. The molecule has 3 amide bonds. The van der Waals surface area contributed by atoms with Gasteiger partial charge in [0.1, 0.15) is 6.04 Å². The molecule has 49 heavy (non-hydrogen) atoms. The fourth-order valence-corrected chi connectivity index (χ4v) is 7.62. The van der Waals surface area contributed by atoms with Gasteiger partial charge in [0.25, 0.3) is 0 Å². The van der Waals surface area contributed by atoms with Gasteiger partial charge in [0.05, 0.1) is 35.5 Å². The first-order valence-electron chi connectivity index (χ1n) is 16.7. The average molecular weight is 693 g/mol. The van der Waals surface area contributed by atoms with Crippen LogP contribution in [-0.2, 0) is 27.8 Å². The fourth-order valence-electron chi connectivity index (χ4n) is 6.00. The Bertz CT molecular complexity index is 1640. The second-order valence-electron chi connectivity index (χ2n) is 13.0. The van der Waals surface area contributed by atoms with Gasteiger partial charge in [-0.1, -0.05) is 87.8 Å². The molecule has 12 nitrogen and oxygen atoms in total. The van der Waals surface area contributed by atoms with Crippen molar-refractivity contribution in [3.8, 4) is 0 Å². The molecule has 0 aliphatic carbocycles. The third kappa shape index (κ3) is 9.87. The van der Waals surface area contributed by atoms with Crippen LogP contribution in [0.5, 0.6) is 0 Å². The molecule has 1 aromatic heterocycles. The molecule has 13 heteroatoms. The van der Waals surface area contributed by atoms with Crippen molar-refractivity contribution in [3.63, 3.8) is 0 Å². The summed E-state index contributed by atoms with van der Waals surface area (Å²) in [7, 11) is -4.05. The van der Waals surface area contributed by atoms with Crippen LogP contribution >= 0.6 is 0 Å². The summed E-state index contributed by atoms with van der Waals surface area (Å²) in [5, 5.41) is 26.6. The highest BCUT2D eigenvalue weighted by Gasteiger charge is 2.41. The maximum absolute atomic E-state index is 14.2. The molecule has 0 saturated carbocycles. The highest BCUT2D eigenvalue weighted by molar-refractivity contribution is 7.89. The number of rotatable bonds is 17. The number of nitrogens with one attached hydrogen (secondary N) is 1. The monoisotopic (exact) mass is 692 g/mol. The maximum atomic E-state index is 14.2. The maximum Gasteiger partial charge on any atom is 0.321 e. The van der Waals surface area contributed by atoms with Gasteiger partial charge >= 0.3 is 6.03 Å². The molecule has 3 N–H and O–H groups in total. The largest absolute Gasteiger partial charge is 0.411 e. The number of aliphatic hydroxyl groups excluding tert-OH is 1. The van der Waals surface area contributed by atoms with Gasteiger partial charge in [0.2, 0.25) is 15.9 Å². The van der Waals surface area contributed by atoms with Gasteiger partial charge in [-0.15, -0.1) is 0 Å². The summed E-state index contributed by atoms with van der Waals surface area (Å²) in [5.74, 6) is -0.651. The van der Waals surface area contributed by atoms with Crippen LogP contribution in [0, 0.1) is 11.8 Å². The van der Waals surface area contributed by atoms with Crippen molar-refractivity contribution in [2.24, 2.45) is 17.0 Å². The van der Waals surface area contributed by atoms with Crippen molar-refractivity contribution < 1.29 is 28.3 Å². The molecule has 0 spiro atoms. The first-order valence-corrected chi connectivity index (χ1v) is 18.1. The number of hydrogen-bond donors (Lipinski definition) is 3. The van der Waals surface area contributed by atoms with Crippen LogP contribution in [0.1, 0.15) is 50.9 Å². The van der Waals surface area contributed by atoms with E-state index in [2.05, 4.69) is 15.5 Å². The van der Waals surface area contributed by atoms with Crippen LogP contribution in [0.4, 0.5) is 4.79 Å². The molecule has 1 saturated heterocycles. The molecule has 4 rings (SSSR count). The van der Waals surface area contributed by atoms with Crippen LogP contribution in [0.25, 0.3) is 0 Å². The predicted molar refractivity (Wildman–Crippen MR) is 187 cm³/mol. The minimum absolute atomic E-state index is 0.0266. The lowest BCUT2D eigenvalue weighted by molar-refractivity contribution is -0.128. The van der Waals surface area contributed by atoms with Crippen molar-refractivity contribution >= 4 is 28.2 Å². The van der Waals surface area contributed by atoms with Gasteiger partial charge in [-0.3, -0.25) is 9.78 Å². The van der Waals surface area contributed by atoms with E-state index in [4.69, 9.17) is 5.21 Å². The van der Waals surface area contributed by atoms with Gasteiger partial charge in [-0.2, -0.15) is 4.31 Å². The molecule has 4 atom stereocenters. The molecule has 1 aliphatic rings. The van der Waals surface area contributed by atoms with Gasteiger partial charge in [-0.25, -0.2) is 13.2 Å². The Hall–Kier alpha value is -4.33. The number of hydrogen-bond acceptors (Lipinski definition) is 8. The number of oxime groups is 1. The van der Waals surface area contributed by atoms with E-state index < -0.39 is 34.1 Å². The molecule has 0 unspecified atom stereocenters. The summed E-state index contributed by atoms with van der Waals surface area (Å²) in [6.45, 7) is 8.67. The van der Waals surface area contributed by atoms with Crippen molar-refractivity contribution in [2.75, 3.05) is 26.2 Å². The molecule has 2 heterocycles. The number of amides is 3. The molecule has 0 bridgehead atoms. The number of carbonyl (C=O) groups is 2. The van der Waals surface area contributed by atoms with Gasteiger partial charge in [-0.05, 0) is 53.6 Å². The van der Waals surface area contributed by atoms with Crippen LogP contribution < -0.4 is 5.32 Å². The number of carbonyl (C=O) groups excluding carboxylic acids is 2. The van der Waals surface area contributed by atoms with Crippen LogP contribution in [-0.4, -0.2) is 100 Å². The quantitative estimate of drug-likeness (QED) is 0.110. The van der Waals surface area contributed by atoms with Crippen LogP contribution in [0.15, 0.2) is 89.0 Å². The van der Waals surface area contributed by atoms with Crippen molar-refractivity contribution in [3.05, 3.63) is 95.8 Å². The highest BCUT2D eigenvalue weighted by Crippen LogP contribution is 2.24. The van der Waals surface area contributed by atoms with E-state index in [1.807, 2.05) is 76.2 Å². The number of nitrogens with zero attached hydrogens (tertiary/aromatic N) is 5. The summed E-state index contributed by atoms with van der Waals surface area (Å²) in [4.78, 5) is 35.5. The number of pyridine rings is 1. The second-order valence-corrected chi connectivity index (χ2v) is 14.9. The molecular formula is C36H48N6O6S. The zero-order valence-electron chi connectivity index (χ0n) is 28.6. The first kappa shape index (κ1) is 37.5. The number of aromatic nitrogens is 1. The van der Waals surface area contributed by atoms with E-state index >= 15 is 0 Å². The lowest BCUT2D eigenvalue weighted by atomic mass is 9.95. The summed E-state index contributed by atoms with van der Waals surface area (Å²) in [6.07, 6.45) is 2.47. The normalized spacial score (nSPS) is 16.3. The van der Waals surface area contributed by atoms with Gasteiger partial charge in [0, 0.05) is 32.4 Å². The van der Waals surface area contributed by atoms with E-state index in [0.717, 1.165) is 11.3 Å². The minimum Gasteiger partial charge on any atom is -0.411 e. The SMILES string of the molecule is CC[C@H](C)[C@@H](C(=O)N[C@@H](Cc1ccccc1)[C@H](O)CN(CC(C)C)S(=O)(=O)c1ccc(/C=N/O)cc1)N1CCN(Cc2ccccn2)C1=O. The van der Waals surface area contributed by atoms with E-state index in [9.17, 15) is 23.1 Å². The lowest BCUT2D eigenvalue weighted by Crippen LogP contribution is -2.57. The number of aliphatic hydroxyl groups is 1. The Morgan fingerprint density at radius 3 is 2.33 bits per heavy atom. The summed E-state index contributed by atoms with van der Waals surface area (Å²) in [5.41, 5.74) is 2.13. The van der Waals surface area contributed by atoms with E-state index in [1.54, 1.807) is 16.0 Å². The van der Waals surface area contributed by atoms with Crippen molar-refractivity contribution in [2.45, 2.75) is 70.2 Å². The van der Waals surface area contributed by atoms with E-state index in [0.29, 0.717) is 31.6 Å². The Labute approximate surface area is 289 Å². The Morgan fingerprint density at radius 2 is 1.71 bits per heavy atom. The molecule has 2 aromatic carbocycles. The molecule has 264 valence electrons. The molecule has 3 aromatic rings. The third-order valence-electron chi connectivity index (χ3n) is 8.77. The van der Waals surface area contributed by atoms with Crippen LogP contribution in [0.3, 0.4) is 0 Å².